The number of aryl methyl sites for hydroxylation is 1. The third-order valence-corrected chi connectivity index (χ3v) is 10.4. The zero-order valence-corrected chi connectivity index (χ0v) is 26.2. The average molecular weight is 697 g/mol. The van der Waals surface area contributed by atoms with Gasteiger partial charge in [-0.25, -0.2) is 13.8 Å². The molecule has 0 amide bonds. The minimum absolute atomic E-state index is 0.130. The molecule has 7 rings (SSSR count). The van der Waals surface area contributed by atoms with Gasteiger partial charge in [-0.1, -0.05) is 11.6 Å². The number of fused-ring (bicyclic) bond motifs is 4. The lowest BCUT2D eigenvalue weighted by atomic mass is 10.1. The standard InChI is InChI=1S/C24H23B2ClF2N6O9P2/c1-9-4-12-10(5-11(9)27)2-3-34(12)22-15(28)18-13(41-22)6-39-46(26,38)44-19-14(7-40-45(25,37)43-18)42-23(16(19)29)35-8-31-17-20(35)32-24(30)33-21(17)36/h2-5,8,13-16,18-19,22-23H,6-7H2,1H3,(H3,30,32,33,36)/t13-,14-,15+,16?,18?,19+,22-,23-,45?,46?/m1/s1. The van der Waals surface area contributed by atoms with Crippen LogP contribution in [0.1, 0.15) is 18.0 Å². The van der Waals surface area contributed by atoms with Gasteiger partial charge in [0.05, 0.1) is 25.1 Å². The van der Waals surface area contributed by atoms with E-state index in [0.717, 1.165) is 16.5 Å². The van der Waals surface area contributed by atoms with Crippen LogP contribution >= 0.6 is 26.5 Å². The fourth-order valence-corrected chi connectivity index (χ4v) is 7.93. The Morgan fingerprint density at radius 3 is 2.22 bits per heavy atom. The van der Waals surface area contributed by atoms with Gasteiger partial charge in [-0.05, 0) is 30.7 Å². The number of halogens is 3. The number of hydrogen-bond donors (Lipinski definition) is 2. The number of anilines is 1. The van der Waals surface area contributed by atoms with Gasteiger partial charge < -0.3 is 37.9 Å². The first-order chi connectivity index (χ1) is 21.7. The van der Waals surface area contributed by atoms with Crippen LogP contribution in [0.25, 0.3) is 22.1 Å². The van der Waals surface area contributed by atoms with Crippen molar-refractivity contribution >= 4 is 69.7 Å². The fraction of sp³-hybridized carbons (Fsp3) is 0.458. The van der Waals surface area contributed by atoms with Crippen molar-refractivity contribution in [2.75, 3.05) is 18.9 Å². The first kappa shape index (κ1) is 32.0. The Morgan fingerprint density at radius 1 is 1.02 bits per heavy atom. The zero-order chi connectivity index (χ0) is 32.7. The highest BCUT2D eigenvalue weighted by Crippen LogP contribution is 2.54. The maximum atomic E-state index is 16.1. The smallest absolute Gasteiger partial charge is 0.280 e. The van der Waals surface area contributed by atoms with Crippen molar-refractivity contribution in [2.45, 2.75) is 56.1 Å². The van der Waals surface area contributed by atoms with E-state index in [0.29, 0.717) is 15.9 Å². The number of ether oxygens (including phenoxy) is 2. The SMILES string of the molecule is [B]P1(=O)OC[C@H]2O[C@@H](n3cnc4c(=O)[nH]c(N)nc43)C(F)[C@H]2OP([B])(=O)OC[C@H]2O[C@@H](n3ccc4cc(Cl)c(C)cc43)[C@@H](F)C2O1. The van der Waals surface area contributed by atoms with E-state index in [1.54, 1.807) is 31.3 Å². The highest BCUT2D eigenvalue weighted by Gasteiger charge is 2.53. The second kappa shape index (κ2) is 11.5. The van der Waals surface area contributed by atoms with Crippen LogP contribution in [0.5, 0.6) is 0 Å². The normalized spacial score (nSPS) is 37.1. The summed E-state index contributed by atoms with van der Waals surface area (Å²) in [6, 6.07) is 5.15. The van der Waals surface area contributed by atoms with Crippen LogP contribution < -0.4 is 11.3 Å². The van der Waals surface area contributed by atoms with Gasteiger partial charge in [-0.3, -0.25) is 23.5 Å². The minimum Gasteiger partial charge on any atom is -0.369 e. The molecule has 3 fully saturated rings. The number of nitrogens with two attached hydrogens (primary N) is 1. The summed E-state index contributed by atoms with van der Waals surface area (Å²) in [5.74, 6) is -0.273. The van der Waals surface area contributed by atoms with Crippen LogP contribution in [0, 0.1) is 6.92 Å². The fourth-order valence-electron chi connectivity index (χ4n) is 5.74. The number of hydrogen-bond acceptors (Lipinski definition) is 12. The van der Waals surface area contributed by atoms with E-state index in [2.05, 4.69) is 15.0 Å². The molecular weight excluding hydrogens is 673 g/mol. The van der Waals surface area contributed by atoms with Crippen LogP contribution in [0.2, 0.25) is 5.02 Å². The van der Waals surface area contributed by atoms with Gasteiger partial charge >= 0.3 is 0 Å². The molecule has 240 valence electrons. The van der Waals surface area contributed by atoms with Gasteiger partial charge in [-0.2, -0.15) is 4.98 Å². The van der Waals surface area contributed by atoms with Gasteiger partial charge in [0, 0.05) is 16.6 Å². The number of aromatic amines is 1. The Hall–Kier alpha value is -2.59. The molecule has 15 nitrogen and oxygen atoms in total. The molecule has 3 saturated heterocycles. The number of benzene rings is 1. The van der Waals surface area contributed by atoms with Crippen molar-refractivity contribution in [3.63, 3.8) is 0 Å². The second-order valence-electron chi connectivity index (χ2n) is 11.0. The average Bonchev–Trinajstić information content (AvgIpc) is 3.72. The van der Waals surface area contributed by atoms with Gasteiger partial charge in [0.1, 0.15) is 24.4 Å². The van der Waals surface area contributed by atoms with E-state index < -0.39 is 82.9 Å². The molecule has 6 heterocycles. The minimum atomic E-state index is -4.62. The molecule has 0 saturated carbocycles. The van der Waals surface area contributed by atoms with Crippen molar-refractivity contribution in [2.24, 2.45) is 0 Å². The highest BCUT2D eigenvalue weighted by molar-refractivity contribution is 7.79. The summed E-state index contributed by atoms with van der Waals surface area (Å²) < 4.78 is 94.4. The van der Waals surface area contributed by atoms with E-state index in [9.17, 15) is 13.9 Å². The van der Waals surface area contributed by atoms with Crippen molar-refractivity contribution in [3.8, 4) is 0 Å². The lowest BCUT2D eigenvalue weighted by molar-refractivity contribution is -0.0546. The summed E-state index contributed by atoms with van der Waals surface area (Å²) in [6.45, 7) is 0.330. The topological polar surface area (TPSA) is 184 Å². The lowest BCUT2D eigenvalue weighted by Gasteiger charge is -2.29. The predicted octanol–water partition coefficient (Wildman–Crippen LogP) is 3.16. The summed E-state index contributed by atoms with van der Waals surface area (Å²) in [4.78, 5) is 22.4. The molecule has 3 aliphatic rings. The molecule has 3 aromatic heterocycles. The number of aromatic nitrogens is 5. The number of imidazole rings is 1. The number of alkyl halides is 2. The quantitative estimate of drug-likeness (QED) is 0.231. The number of nitrogens with zero attached hydrogens (tertiary/aromatic N) is 4. The van der Waals surface area contributed by atoms with Gasteiger partial charge in [0.2, 0.25) is 21.1 Å². The third kappa shape index (κ3) is 5.65. The molecule has 0 spiro atoms. The van der Waals surface area contributed by atoms with Crippen LogP contribution in [0.15, 0.2) is 35.5 Å². The largest absolute Gasteiger partial charge is 0.369 e. The maximum absolute atomic E-state index is 16.1. The zero-order valence-electron chi connectivity index (χ0n) is 23.6. The van der Waals surface area contributed by atoms with E-state index in [4.69, 9.17) is 60.0 Å². The van der Waals surface area contributed by atoms with Crippen molar-refractivity contribution < 1.29 is 45.5 Å². The van der Waals surface area contributed by atoms with Gasteiger partial charge in [0.15, 0.2) is 36.0 Å². The number of rotatable bonds is 2. The second-order valence-corrected chi connectivity index (χ2v) is 14.5. The molecule has 4 unspecified atom stereocenters. The molecule has 4 aromatic rings. The Balaban J connectivity index is 1.17. The van der Waals surface area contributed by atoms with Crippen molar-refractivity contribution in [1.29, 1.82) is 0 Å². The number of H-pyrrole nitrogens is 1. The van der Waals surface area contributed by atoms with Crippen molar-refractivity contribution in [3.05, 3.63) is 51.7 Å². The molecule has 3 aliphatic heterocycles. The molecule has 3 N–H and O–H groups in total. The molecule has 0 bridgehead atoms. The van der Waals surface area contributed by atoms with Gasteiger partial charge in [0.25, 0.3) is 20.5 Å². The molecule has 0 aliphatic carbocycles. The number of nitrogens with one attached hydrogen (secondary N) is 1. The summed E-state index contributed by atoms with van der Waals surface area (Å²) in [7, 11) is 2.48. The van der Waals surface area contributed by atoms with Crippen molar-refractivity contribution in [1.82, 2.24) is 24.1 Å². The van der Waals surface area contributed by atoms with Crippen LogP contribution in [0.4, 0.5) is 14.7 Å². The molecule has 46 heavy (non-hydrogen) atoms. The van der Waals surface area contributed by atoms with Crippen LogP contribution in [-0.4, -0.2) is 89.2 Å². The Kier molecular flexibility index (Phi) is 8.02. The maximum Gasteiger partial charge on any atom is 0.280 e. The highest BCUT2D eigenvalue weighted by atomic mass is 35.5. The number of nitrogen functional groups attached to an aromatic ring is 1. The molecule has 22 heteroatoms. The van der Waals surface area contributed by atoms with E-state index in [1.165, 1.54) is 4.57 Å². The molecule has 1 aromatic carbocycles. The summed E-state index contributed by atoms with van der Waals surface area (Å²) in [5, 5.41) is 1.21. The van der Waals surface area contributed by atoms with Crippen LogP contribution in [-0.2, 0) is 36.7 Å². The summed E-state index contributed by atoms with van der Waals surface area (Å²) >= 11 is 6.23. The van der Waals surface area contributed by atoms with Crippen LogP contribution in [0.3, 0.4) is 0 Å². The molecule has 10 atom stereocenters. The summed E-state index contributed by atoms with van der Waals surface area (Å²) in [5.41, 5.74) is 5.96. The Bertz CT molecular complexity index is 2000. The van der Waals surface area contributed by atoms with E-state index in [-0.39, 0.29) is 17.1 Å². The third-order valence-electron chi connectivity index (χ3n) is 7.91. The Morgan fingerprint density at radius 2 is 1.61 bits per heavy atom. The predicted molar refractivity (Wildman–Crippen MR) is 160 cm³/mol. The Labute approximate surface area is 265 Å². The summed E-state index contributed by atoms with van der Waals surface area (Å²) in [6.07, 6.45) is -10.7. The first-order valence-electron chi connectivity index (χ1n) is 13.7. The first-order valence-corrected chi connectivity index (χ1v) is 17.3. The lowest BCUT2D eigenvalue weighted by Crippen LogP contribution is -2.37. The van der Waals surface area contributed by atoms with Gasteiger partial charge in [-0.15, -0.1) is 0 Å². The van der Waals surface area contributed by atoms with E-state index >= 15 is 8.78 Å². The molecule has 4 radical (unpaired) electrons. The van der Waals surface area contributed by atoms with E-state index in [1.807, 2.05) is 0 Å². The monoisotopic (exact) mass is 696 g/mol. The molecular formula is C24H23B2ClF2N6O9P2.